The summed E-state index contributed by atoms with van der Waals surface area (Å²) in [6.45, 7) is 5.52. The van der Waals surface area contributed by atoms with Crippen LogP contribution in [-0.4, -0.2) is 43.3 Å². The molecule has 66 valence electrons. The number of nitrogens with one attached hydrogen (secondary N) is 1. The smallest absolute Gasteiger partial charge is 0.0732 e. The second-order valence-electron chi connectivity index (χ2n) is 3.53. The Morgan fingerprint density at radius 2 is 2.36 bits per heavy atom. The van der Waals surface area contributed by atoms with Gasteiger partial charge in [0.05, 0.1) is 6.10 Å². The van der Waals surface area contributed by atoms with E-state index in [9.17, 15) is 5.11 Å². The van der Waals surface area contributed by atoms with E-state index in [2.05, 4.69) is 18.6 Å². The highest BCUT2D eigenvalue weighted by atomic mass is 31.1. The Morgan fingerprint density at radius 3 is 2.82 bits per heavy atom. The van der Waals surface area contributed by atoms with E-state index in [-0.39, 0.29) is 14.0 Å². The summed E-state index contributed by atoms with van der Waals surface area (Å²) in [7, 11) is 0.0540. The van der Waals surface area contributed by atoms with Crippen LogP contribution in [0.4, 0.5) is 0 Å². The summed E-state index contributed by atoms with van der Waals surface area (Å²) in [5, 5.41) is 13.0. The first-order chi connectivity index (χ1) is 5.20. The van der Waals surface area contributed by atoms with Gasteiger partial charge in [0, 0.05) is 6.04 Å². The monoisotopic (exact) mass is 175 g/mol. The second kappa shape index (κ2) is 4.39. The molecule has 2 nitrogen and oxygen atoms in total. The van der Waals surface area contributed by atoms with Gasteiger partial charge in [-0.2, -0.15) is 0 Å². The largest absolute Gasteiger partial charge is 0.391 e. The van der Waals surface area contributed by atoms with Crippen LogP contribution < -0.4 is 5.32 Å². The van der Waals surface area contributed by atoms with Crippen LogP contribution in [0.15, 0.2) is 0 Å². The molecule has 0 radical (unpaired) electrons. The van der Waals surface area contributed by atoms with E-state index in [4.69, 9.17) is 0 Å². The van der Waals surface area contributed by atoms with Gasteiger partial charge >= 0.3 is 0 Å². The Kier molecular flexibility index (Phi) is 3.77. The molecule has 1 unspecified atom stereocenters. The van der Waals surface area contributed by atoms with E-state index in [1.54, 1.807) is 0 Å². The lowest BCUT2D eigenvalue weighted by molar-refractivity contribution is 0.158. The fourth-order valence-corrected chi connectivity index (χ4v) is 2.54. The van der Waals surface area contributed by atoms with Crippen molar-refractivity contribution in [2.75, 3.05) is 26.0 Å². The summed E-state index contributed by atoms with van der Waals surface area (Å²) >= 11 is 0. The number of rotatable bonds is 3. The zero-order valence-corrected chi connectivity index (χ0v) is 8.27. The maximum absolute atomic E-state index is 9.67. The predicted molar refractivity (Wildman–Crippen MR) is 50.7 cm³/mol. The Balaban J connectivity index is 2.22. The van der Waals surface area contributed by atoms with Crippen LogP contribution in [0.1, 0.15) is 12.8 Å². The molecule has 0 saturated carbocycles. The molecule has 2 N–H and O–H groups in total. The van der Waals surface area contributed by atoms with Crippen molar-refractivity contribution in [2.24, 2.45) is 0 Å². The topological polar surface area (TPSA) is 32.3 Å². The van der Waals surface area contributed by atoms with Gasteiger partial charge in [-0.25, -0.2) is 0 Å². The molecule has 0 spiro atoms. The lowest BCUT2D eigenvalue weighted by atomic mass is 10.1. The van der Waals surface area contributed by atoms with E-state index in [1.807, 2.05) is 0 Å². The van der Waals surface area contributed by atoms with E-state index >= 15 is 0 Å². The first-order valence-electron chi connectivity index (χ1n) is 4.26. The number of hydrogen-bond donors (Lipinski definition) is 2. The average molecular weight is 175 g/mol. The molecule has 1 aliphatic heterocycles. The van der Waals surface area contributed by atoms with Crippen LogP contribution >= 0.6 is 7.92 Å². The molecule has 0 aromatic heterocycles. The number of hydrogen-bond acceptors (Lipinski definition) is 2. The summed E-state index contributed by atoms with van der Waals surface area (Å²) in [6.07, 6.45) is 3.28. The van der Waals surface area contributed by atoms with Gasteiger partial charge in [0.25, 0.3) is 0 Å². The van der Waals surface area contributed by atoms with Crippen LogP contribution in [-0.2, 0) is 0 Å². The minimum atomic E-state index is -0.0985. The Morgan fingerprint density at radius 1 is 1.64 bits per heavy atom. The zero-order chi connectivity index (χ0) is 8.27. The Labute approximate surface area is 70.1 Å². The first kappa shape index (κ1) is 9.44. The molecule has 1 aliphatic rings. The maximum atomic E-state index is 9.67. The van der Waals surface area contributed by atoms with Crippen LogP contribution in [0, 0.1) is 0 Å². The van der Waals surface area contributed by atoms with Gasteiger partial charge < -0.3 is 10.4 Å². The van der Waals surface area contributed by atoms with Crippen LogP contribution in [0.3, 0.4) is 0 Å². The van der Waals surface area contributed by atoms with E-state index in [1.165, 1.54) is 6.42 Å². The SMILES string of the molecule is CP(C)CC(O)[C@@H]1CCCN1. The van der Waals surface area contributed by atoms with Gasteiger partial charge in [0.15, 0.2) is 0 Å². The molecule has 0 aromatic rings. The number of aliphatic hydroxyl groups excluding tert-OH is 1. The van der Waals surface area contributed by atoms with Crippen molar-refractivity contribution in [3.05, 3.63) is 0 Å². The highest BCUT2D eigenvalue weighted by Crippen LogP contribution is 2.27. The minimum absolute atomic E-state index is 0.0540. The molecule has 1 rings (SSSR count). The summed E-state index contributed by atoms with van der Waals surface area (Å²) < 4.78 is 0. The molecule has 0 bridgehead atoms. The Hall–Kier alpha value is 0.350. The van der Waals surface area contributed by atoms with Crippen molar-refractivity contribution >= 4 is 7.92 Å². The molecule has 1 saturated heterocycles. The molecule has 1 heterocycles. The number of aliphatic hydroxyl groups is 1. The Bertz CT molecular complexity index is 113. The van der Waals surface area contributed by atoms with Crippen molar-refractivity contribution in [3.8, 4) is 0 Å². The fourth-order valence-electron chi connectivity index (χ4n) is 1.54. The standard InChI is InChI=1S/C8H18NOP/c1-11(2)6-8(10)7-4-3-5-9-7/h7-10H,3-6H2,1-2H3/t7-,8?/m0/s1. The molecule has 0 amide bonds. The van der Waals surface area contributed by atoms with Crippen molar-refractivity contribution in [1.29, 1.82) is 0 Å². The molecule has 3 heteroatoms. The van der Waals surface area contributed by atoms with Crippen molar-refractivity contribution in [3.63, 3.8) is 0 Å². The third-order valence-electron chi connectivity index (χ3n) is 2.12. The molecular formula is C8H18NOP. The van der Waals surface area contributed by atoms with Crippen molar-refractivity contribution in [2.45, 2.75) is 25.0 Å². The van der Waals surface area contributed by atoms with Gasteiger partial charge in [-0.05, 0) is 38.9 Å². The van der Waals surface area contributed by atoms with E-state index < -0.39 is 0 Å². The maximum Gasteiger partial charge on any atom is 0.0732 e. The first-order valence-corrected chi connectivity index (χ1v) is 6.68. The average Bonchev–Trinajstić information content (AvgIpc) is 2.35. The summed E-state index contributed by atoms with van der Waals surface area (Å²) in [4.78, 5) is 0. The molecule has 0 aliphatic carbocycles. The lowest BCUT2D eigenvalue weighted by Crippen LogP contribution is -2.36. The van der Waals surface area contributed by atoms with Gasteiger partial charge in [-0.15, -0.1) is 7.92 Å². The molecule has 2 atom stereocenters. The third-order valence-corrected chi connectivity index (χ3v) is 3.22. The highest BCUT2D eigenvalue weighted by molar-refractivity contribution is 7.56. The van der Waals surface area contributed by atoms with Gasteiger partial charge in [-0.1, -0.05) is 0 Å². The quantitative estimate of drug-likeness (QED) is 0.623. The van der Waals surface area contributed by atoms with E-state index in [0.29, 0.717) is 6.04 Å². The van der Waals surface area contributed by atoms with Crippen molar-refractivity contribution < 1.29 is 5.11 Å². The summed E-state index contributed by atoms with van der Waals surface area (Å²) in [5.41, 5.74) is 0. The van der Waals surface area contributed by atoms with E-state index in [0.717, 1.165) is 19.1 Å². The minimum Gasteiger partial charge on any atom is -0.391 e. The normalized spacial score (nSPS) is 27.8. The molecular weight excluding hydrogens is 157 g/mol. The van der Waals surface area contributed by atoms with Crippen LogP contribution in [0.25, 0.3) is 0 Å². The molecule has 0 aromatic carbocycles. The zero-order valence-electron chi connectivity index (χ0n) is 7.38. The lowest BCUT2D eigenvalue weighted by Gasteiger charge is -2.19. The van der Waals surface area contributed by atoms with Crippen LogP contribution in [0.2, 0.25) is 0 Å². The predicted octanol–water partition coefficient (Wildman–Crippen LogP) is 0.841. The van der Waals surface area contributed by atoms with Gasteiger partial charge in [0.1, 0.15) is 0 Å². The van der Waals surface area contributed by atoms with Crippen LogP contribution in [0.5, 0.6) is 0 Å². The molecule has 1 fully saturated rings. The summed E-state index contributed by atoms with van der Waals surface area (Å²) in [6, 6.07) is 0.389. The molecule has 11 heavy (non-hydrogen) atoms. The van der Waals surface area contributed by atoms with Crippen molar-refractivity contribution in [1.82, 2.24) is 5.32 Å². The summed E-state index contributed by atoms with van der Waals surface area (Å²) in [5.74, 6) is 0. The highest BCUT2D eigenvalue weighted by Gasteiger charge is 2.22. The van der Waals surface area contributed by atoms with Gasteiger partial charge in [-0.3, -0.25) is 0 Å². The second-order valence-corrected chi connectivity index (χ2v) is 6.06. The third kappa shape index (κ3) is 3.06. The van der Waals surface area contributed by atoms with Gasteiger partial charge in [0.2, 0.25) is 0 Å². The fraction of sp³-hybridized carbons (Fsp3) is 1.00.